The molecule has 2 fully saturated rings. The minimum absolute atomic E-state index is 0.0789. The van der Waals surface area contributed by atoms with Crippen LogP contribution in [0.3, 0.4) is 0 Å². The van der Waals surface area contributed by atoms with Gasteiger partial charge in [0, 0.05) is 33.1 Å². The van der Waals surface area contributed by atoms with E-state index in [4.69, 9.17) is 5.11 Å². The lowest BCUT2D eigenvalue weighted by Gasteiger charge is -2.44. The SMILES string of the molecule is CN1CCC2(CCN(C(=O)O)CC2)CC1=O. The van der Waals surface area contributed by atoms with E-state index in [1.165, 1.54) is 4.90 Å². The molecule has 0 aromatic carbocycles. The Hall–Kier alpha value is -1.26. The molecule has 1 N–H and O–H groups in total. The topological polar surface area (TPSA) is 60.9 Å². The van der Waals surface area contributed by atoms with E-state index in [0.29, 0.717) is 19.5 Å². The van der Waals surface area contributed by atoms with E-state index in [-0.39, 0.29) is 11.3 Å². The predicted molar refractivity (Wildman–Crippen MR) is 58.1 cm³/mol. The first-order valence-electron chi connectivity index (χ1n) is 5.74. The van der Waals surface area contributed by atoms with Crippen molar-refractivity contribution < 1.29 is 14.7 Å². The van der Waals surface area contributed by atoms with Gasteiger partial charge in [0.15, 0.2) is 0 Å². The summed E-state index contributed by atoms with van der Waals surface area (Å²) < 4.78 is 0. The highest BCUT2D eigenvalue weighted by atomic mass is 16.4. The summed E-state index contributed by atoms with van der Waals surface area (Å²) in [6.07, 6.45) is 2.44. The first-order chi connectivity index (χ1) is 7.52. The molecule has 5 heteroatoms. The number of hydrogen-bond acceptors (Lipinski definition) is 2. The molecule has 0 radical (unpaired) electrons. The lowest BCUT2D eigenvalue weighted by Crippen LogP contribution is -2.49. The highest BCUT2D eigenvalue weighted by Crippen LogP contribution is 2.41. The number of likely N-dealkylation sites (tertiary alicyclic amines) is 2. The number of hydrogen-bond donors (Lipinski definition) is 1. The average molecular weight is 226 g/mol. The van der Waals surface area contributed by atoms with E-state index in [0.717, 1.165) is 25.8 Å². The zero-order chi connectivity index (χ0) is 11.8. The normalized spacial score (nSPS) is 24.9. The fraction of sp³-hybridized carbons (Fsp3) is 0.818. The third-order valence-electron chi connectivity index (χ3n) is 4.02. The zero-order valence-electron chi connectivity index (χ0n) is 9.61. The molecule has 0 aliphatic carbocycles. The minimum Gasteiger partial charge on any atom is -0.465 e. The number of carbonyl (C=O) groups excluding carboxylic acids is 1. The largest absolute Gasteiger partial charge is 0.465 e. The molecule has 0 saturated carbocycles. The Balaban J connectivity index is 1.97. The van der Waals surface area contributed by atoms with E-state index in [1.807, 2.05) is 7.05 Å². The molecule has 2 aliphatic heterocycles. The van der Waals surface area contributed by atoms with Gasteiger partial charge in [-0.3, -0.25) is 4.79 Å². The van der Waals surface area contributed by atoms with E-state index in [1.54, 1.807) is 4.90 Å². The summed E-state index contributed by atoms with van der Waals surface area (Å²) >= 11 is 0. The van der Waals surface area contributed by atoms with Gasteiger partial charge in [-0.1, -0.05) is 0 Å². The summed E-state index contributed by atoms with van der Waals surface area (Å²) in [6, 6.07) is 0. The molecule has 0 aromatic heterocycles. The van der Waals surface area contributed by atoms with Gasteiger partial charge in [-0.25, -0.2) is 4.79 Å². The molecular formula is C11H18N2O3. The Bertz CT molecular complexity index is 308. The molecular weight excluding hydrogens is 208 g/mol. The number of nitrogens with zero attached hydrogens (tertiary/aromatic N) is 2. The second-order valence-corrected chi connectivity index (χ2v) is 5.01. The van der Waals surface area contributed by atoms with Gasteiger partial charge in [-0.2, -0.15) is 0 Å². The highest BCUT2D eigenvalue weighted by Gasteiger charge is 2.40. The van der Waals surface area contributed by atoms with Crippen LogP contribution in [0.5, 0.6) is 0 Å². The molecule has 5 nitrogen and oxygen atoms in total. The minimum atomic E-state index is -0.839. The summed E-state index contributed by atoms with van der Waals surface area (Å²) in [5, 5.41) is 8.87. The predicted octanol–water partition coefficient (Wildman–Crippen LogP) is 0.999. The van der Waals surface area contributed by atoms with Crippen molar-refractivity contribution in [3.05, 3.63) is 0 Å². The van der Waals surface area contributed by atoms with Crippen LogP contribution >= 0.6 is 0 Å². The third-order valence-corrected chi connectivity index (χ3v) is 4.02. The van der Waals surface area contributed by atoms with Crippen molar-refractivity contribution in [2.24, 2.45) is 5.41 Å². The number of carbonyl (C=O) groups is 2. The number of piperidine rings is 2. The molecule has 0 unspecified atom stereocenters. The number of rotatable bonds is 0. The smallest absolute Gasteiger partial charge is 0.407 e. The molecule has 90 valence electrons. The maximum atomic E-state index is 11.7. The summed E-state index contributed by atoms with van der Waals surface area (Å²) in [4.78, 5) is 25.7. The van der Waals surface area contributed by atoms with Crippen LogP contribution in [0, 0.1) is 5.41 Å². The van der Waals surface area contributed by atoms with Gasteiger partial charge in [0.1, 0.15) is 0 Å². The molecule has 2 rings (SSSR count). The van der Waals surface area contributed by atoms with Crippen LogP contribution in [0.2, 0.25) is 0 Å². The first kappa shape index (κ1) is 11.2. The van der Waals surface area contributed by atoms with Gasteiger partial charge >= 0.3 is 6.09 Å². The lowest BCUT2D eigenvalue weighted by atomic mass is 9.71. The van der Waals surface area contributed by atoms with E-state index in [2.05, 4.69) is 0 Å². The maximum Gasteiger partial charge on any atom is 0.407 e. The summed E-state index contributed by atoms with van der Waals surface area (Å²) in [5.41, 5.74) is 0.0789. The molecule has 0 bridgehead atoms. The van der Waals surface area contributed by atoms with Crippen LogP contribution in [-0.4, -0.2) is 53.6 Å². The van der Waals surface area contributed by atoms with Crippen LogP contribution in [0.15, 0.2) is 0 Å². The second kappa shape index (κ2) is 3.96. The second-order valence-electron chi connectivity index (χ2n) is 5.01. The van der Waals surface area contributed by atoms with Gasteiger partial charge in [-0.05, 0) is 24.7 Å². The number of amides is 2. The van der Waals surface area contributed by atoms with Crippen LogP contribution < -0.4 is 0 Å². The van der Waals surface area contributed by atoms with Gasteiger partial charge in [-0.15, -0.1) is 0 Å². The van der Waals surface area contributed by atoms with Crippen LogP contribution in [0.1, 0.15) is 25.7 Å². The molecule has 2 amide bonds. The van der Waals surface area contributed by atoms with E-state index in [9.17, 15) is 9.59 Å². The molecule has 0 atom stereocenters. The average Bonchev–Trinajstić information content (AvgIpc) is 2.25. The van der Waals surface area contributed by atoms with E-state index >= 15 is 0 Å². The monoisotopic (exact) mass is 226 g/mol. The van der Waals surface area contributed by atoms with Crippen molar-refractivity contribution in [1.82, 2.24) is 9.80 Å². The van der Waals surface area contributed by atoms with Crippen molar-refractivity contribution in [3.63, 3.8) is 0 Å². The Morgan fingerprint density at radius 1 is 1.25 bits per heavy atom. The van der Waals surface area contributed by atoms with E-state index < -0.39 is 6.09 Å². The summed E-state index contributed by atoms with van der Waals surface area (Å²) in [7, 11) is 1.83. The van der Waals surface area contributed by atoms with Gasteiger partial charge in [0.2, 0.25) is 5.91 Å². The van der Waals surface area contributed by atoms with Crippen molar-refractivity contribution in [2.45, 2.75) is 25.7 Å². The van der Waals surface area contributed by atoms with Crippen molar-refractivity contribution in [1.29, 1.82) is 0 Å². The van der Waals surface area contributed by atoms with Crippen molar-refractivity contribution in [3.8, 4) is 0 Å². The van der Waals surface area contributed by atoms with Crippen LogP contribution in [0.25, 0.3) is 0 Å². The van der Waals surface area contributed by atoms with Gasteiger partial charge in [0.25, 0.3) is 0 Å². The van der Waals surface area contributed by atoms with Crippen molar-refractivity contribution >= 4 is 12.0 Å². The first-order valence-corrected chi connectivity index (χ1v) is 5.74. The Kier molecular flexibility index (Phi) is 2.78. The van der Waals surface area contributed by atoms with Crippen LogP contribution in [0.4, 0.5) is 4.79 Å². The summed E-state index contributed by atoms with van der Waals surface area (Å²) in [5.74, 6) is 0.204. The van der Waals surface area contributed by atoms with Crippen molar-refractivity contribution in [2.75, 3.05) is 26.7 Å². The molecule has 2 aliphatic rings. The number of carboxylic acid groups (broad SMARTS) is 1. The van der Waals surface area contributed by atoms with Gasteiger partial charge in [0.05, 0.1) is 0 Å². The molecule has 2 saturated heterocycles. The standard InChI is InChI=1S/C11H18N2O3/c1-12-5-2-11(8-9(12)14)3-6-13(7-4-11)10(15)16/h2-8H2,1H3,(H,15,16). The maximum absolute atomic E-state index is 11.7. The quantitative estimate of drug-likeness (QED) is 0.670. The summed E-state index contributed by atoms with van der Waals surface area (Å²) in [6.45, 7) is 1.96. The van der Waals surface area contributed by atoms with Gasteiger partial charge < -0.3 is 14.9 Å². The third kappa shape index (κ3) is 1.99. The van der Waals surface area contributed by atoms with Crippen LogP contribution in [-0.2, 0) is 4.79 Å². The fourth-order valence-corrected chi connectivity index (χ4v) is 2.67. The lowest BCUT2D eigenvalue weighted by molar-refractivity contribution is -0.137. The Morgan fingerprint density at radius 3 is 2.31 bits per heavy atom. The Morgan fingerprint density at radius 2 is 1.81 bits per heavy atom. The zero-order valence-corrected chi connectivity index (χ0v) is 9.61. The Labute approximate surface area is 95.0 Å². The molecule has 16 heavy (non-hydrogen) atoms. The highest BCUT2D eigenvalue weighted by molar-refractivity contribution is 5.77. The molecule has 1 spiro atoms. The fourth-order valence-electron chi connectivity index (χ4n) is 2.67. The molecule has 2 heterocycles. The molecule has 0 aromatic rings.